The Morgan fingerprint density at radius 1 is 0.741 bits per heavy atom. The van der Waals surface area contributed by atoms with Crippen molar-refractivity contribution in [2.45, 2.75) is 88.0 Å². The van der Waals surface area contributed by atoms with Gasteiger partial charge in [0, 0.05) is 44.9 Å². The molecule has 1 heterocycles. The summed E-state index contributed by atoms with van der Waals surface area (Å²) in [5.74, 6) is -2.91. The van der Waals surface area contributed by atoms with Crippen LogP contribution >= 0.6 is 62.0 Å². The number of benzene rings is 2. The average Bonchev–Trinajstić information content (AvgIpc) is 3.13. The number of phenolic OH excluding ortho intramolecular Hbond substituents is 2. The predicted octanol–water partition coefficient (Wildman–Crippen LogP) is -0.0794. The first-order valence-electron chi connectivity index (χ1n) is 18.1. The van der Waals surface area contributed by atoms with E-state index in [1.54, 1.807) is 24.3 Å². The number of nitrogens with one attached hydrogen (secondary N) is 5. The van der Waals surface area contributed by atoms with Gasteiger partial charge in [0.15, 0.2) is 0 Å². The van der Waals surface area contributed by atoms with E-state index < -0.39 is 53.8 Å². The third kappa shape index (κ3) is 19.1. The highest BCUT2D eigenvalue weighted by Crippen LogP contribution is 2.31. The third-order valence-corrected chi connectivity index (χ3v) is 8.95. The van der Waals surface area contributed by atoms with Crippen molar-refractivity contribution in [1.29, 1.82) is 0 Å². The maximum atomic E-state index is 14.0. The number of aromatic hydroxyl groups is 2. The lowest BCUT2D eigenvalue weighted by molar-refractivity contribution is -0.134. The van der Waals surface area contributed by atoms with Crippen LogP contribution in [0.25, 0.3) is 11.1 Å². The van der Waals surface area contributed by atoms with E-state index in [1.165, 1.54) is 12.1 Å². The minimum atomic E-state index is -1.30. The van der Waals surface area contributed by atoms with Crippen LogP contribution in [0.15, 0.2) is 36.4 Å². The lowest BCUT2D eigenvalue weighted by Gasteiger charge is -2.26. The van der Waals surface area contributed by atoms with Gasteiger partial charge in [0.25, 0.3) is 0 Å². The van der Waals surface area contributed by atoms with Crippen LogP contribution in [-0.4, -0.2) is 103 Å². The molecule has 2 aromatic carbocycles. The first-order chi connectivity index (χ1) is 25.4. The fraction of sp³-hybridized carbons (Fsp3) is 0.528. The Morgan fingerprint density at radius 2 is 1.33 bits per heavy atom. The highest BCUT2D eigenvalue weighted by Gasteiger charge is 2.31. The van der Waals surface area contributed by atoms with Crippen molar-refractivity contribution in [1.82, 2.24) is 26.6 Å². The minimum Gasteiger partial charge on any atom is -0.508 e. The molecule has 0 aromatic heterocycles. The number of halogens is 5. The number of phenols is 2. The molecule has 0 aliphatic carbocycles. The quantitative estimate of drug-likeness (QED) is 0.0928. The molecule has 17 N–H and O–H groups in total. The van der Waals surface area contributed by atoms with Crippen LogP contribution in [0, 0.1) is 0 Å². The van der Waals surface area contributed by atoms with E-state index in [4.69, 9.17) is 28.7 Å². The molecule has 0 saturated heterocycles. The highest BCUT2D eigenvalue weighted by molar-refractivity contribution is 5.95. The molecule has 1 aliphatic rings. The Hall–Kier alpha value is -3.36. The van der Waals surface area contributed by atoms with Crippen molar-refractivity contribution in [2.24, 2.45) is 28.7 Å². The van der Waals surface area contributed by atoms with Crippen molar-refractivity contribution >= 4 is 91.6 Å². The number of fused-ring (bicyclic) bond motifs is 5. The maximum absolute atomic E-state index is 14.0. The van der Waals surface area contributed by atoms with Crippen LogP contribution in [0.3, 0.4) is 0 Å². The molecule has 1 aliphatic heterocycles. The zero-order chi connectivity index (χ0) is 38.9. The van der Waals surface area contributed by atoms with Gasteiger partial charge in [-0.2, -0.15) is 0 Å². The molecule has 4 bridgehead atoms. The molecule has 5 amide bonds. The van der Waals surface area contributed by atoms with Crippen molar-refractivity contribution in [2.75, 3.05) is 32.7 Å². The first kappa shape index (κ1) is 59.0. The van der Waals surface area contributed by atoms with E-state index in [-0.39, 0.29) is 131 Å². The van der Waals surface area contributed by atoms with Gasteiger partial charge in [0.1, 0.15) is 29.6 Å². The number of rotatable bonds is 17. The second-order valence-corrected chi connectivity index (χ2v) is 13.3. The smallest absolute Gasteiger partial charge is 0.243 e. The molecular weight excluding hydrogens is 862 g/mol. The molecule has 3 rings (SSSR count). The van der Waals surface area contributed by atoms with Crippen LogP contribution in [-0.2, 0) is 36.8 Å². The normalized spacial score (nSPS) is 17.1. The van der Waals surface area contributed by atoms with Gasteiger partial charge in [0.2, 0.25) is 29.5 Å². The number of hydrogen-bond acceptors (Lipinski definition) is 12. The Morgan fingerprint density at radius 3 is 1.90 bits per heavy atom. The molecule has 0 spiro atoms. The fourth-order valence-electron chi connectivity index (χ4n) is 5.94. The third-order valence-electron chi connectivity index (χ3n) is 8.95. The van der Waals surface area contributed by atoms with E-state index in [9.17, 15) is 34.2 Å². The standard InChI is InChI=1S/C36H56N10O7.5ClH/c37-11-1-5-27(34(51)43-14-3-4-25(40)20-32(49)42-15-13-39)45-36(53)29-19-24-17-22(8-10-31(24)48)21-7-9-30(47)23(16-21)18-26(41)33(50)44-28(6-2-12-38)35(52)46-29;;;;;/h7-10,16-17,25-29,47-48H,1-6,11-15,18-20,37-41H2,(H,42,49)(H,43,51)(H,44,50)(H,45,53)(H,46,52);5*1H/t25-,26-,27-,28-,29-;;;;;/m0...../s1. The van der Waals surface area contributed by atoms with Gasteiger partial charge in [0.05, 0.1) is 6.04 Å². The molecule has 17 nitrogen and oxygen atoms in total. The van der Waals surface area contributed by atoms with Gasteiger partial charge in [-0.15, -0.1) is 62.0 Å². The van der Waals surface area contributed by atoms with Gasteiger partial charge in [-0.1, -0.05) is 12.1 Å². The largest absolute Gasteiger partial charge is 0.508 e. The van der Waals surface area contributed by atoms with Crippen LogP contribution in [0.4, 0.5) is 0 Å². The Kier molecular flexibility index (Phi) is 31.2. The van der Waals surface area contributed by atoms with E-state index in [2.05, 4.69) is 26.6 Å². The van der Waals surface area contributed by atoms with E-state index in [0.717, 1.165) is 0 Å². The minimum absolute atomic E-state index is 0. The van der Waals surface area contributed by atoms with Crippen molar-refractivity contribution < 1.29 is 34.2 Å². The lowest BCUT2D eigenvalue weighted by Crippen LogP contribution is -2.58. The fourth-order valence-corrected chi connectivity index (χ4v) is 5.94. The molecule has 58 heavy (non-hydrogen) atoms. The van der Waals surface area contributed by atoms with E-state index in [0.29, 0.717) is 61.0 Å². The van der Waals surface area contributed by atoms with Crippen LogP contribution in [0.5, 0.6) is 11.5 Å². The molecule has 332 valence electrons. The number of amides is 5. The topological polar surface area (TPSA) is 316 Å². The molecule has 0 fully saturated rings. The lowest BCUT2D eigenvalue weighted by atomic mass is 9.95. The summed E-state index contributed by atoms with van der Waals surface area (Å²) in [4.78, 5) is 66.2. The highest BCUT2D eigenvalue weighted by atomic mass is 35.5. The number of hydrogen-bond donors (Lipinski definition) is 12. The van der Waals surface area contributed by atoms with Crippen molar-refractivity contribution in [3.05, 3.63) is 47.5 Å². The van der Waals surface area contributed by atoms with Gasteiger partial charge in [-0.3, -0.25) is 24.0 Å². The summed E-state index contributed by atoms with van der Waals surface area (Å²) in [7, 11) is 0. The molecule has 5 atom stereocenters. The Labute approximate surface area is 370 Å². The van der Waals surface area contributed by atoms with Gasteiger partial charge in [-0.25, -0.2) is 0 Å². The van der Waals surface area contributed by atoms with E-state index in [1.807, 2.05) is 0 Å². The van der Waals surface area contributed by atoms with Gasteiger partial charge in [-0.05, 0) is 98.1 Å². The van der Waals surface area contributed by atoms with Gasteiger partial charge >= 0.3 is 0 Å². The number of carbonyl (C=O) groups excluding carboxylic acids is 5. The SMILES string of the molecule is Cl.Cl.Cl.Cl.Cl.NCCC[C@H](NC(=O)[C@@H]1Cc2cc(ccc2O)-c2ccc(O)c(c2)C[C@H](N)C(=O)N[C@@H](CCCN)C(=O)N1)C(=O)NCCC[C@H](N)CC(=O)NCCN. The van der Waals surface area contributed by atoms with Crippen LogP contribution in [0.2, 0.25) is 0 Å². The molecule has 0 saturated carbocycles. The van der Waals surface area contributed by atoms with E-state index >= 15 is 0 Å². The van der Waals surface area contributed by atoms with Crippen LogP contribution in [0.1, 0.15) is 56.1 Å². The van der Waals surface area contributed by atoms with Crippen molar-refractivity contribution in [3.8, 4) is 22.6 Å². The molecule has 2 aromatic rings. The molecule has 22 heteroatoms. The Balaban J connectivity index is -0.00000605. The second kappa shape index (κ2) is 30.6. The summed E-state index contributed by atoms with van der Waals surface area (Å²) in [6.07, 6.45) is 1.96. The number of carbonyl (C=O) groups is 5. The summed E-state index contributed by atoms with van der Waals surface area (Å²) >= 11 is 0. The molecule has 0 radical (unpaired) electrons. The summed E-state index contributed by atoms with van der Waals surface area (Å²) in [5, 5.41) is 35.0. The summed E-state index contributed by atoms with van der Waals surface area (Å²) in [5.41, 5.74) is 31.2. The molecular formula is C36H61Cl5N10O7. The second-order valence-electron chi connectivity index (χ2n) is 13.3. The zero-order valence-electron chi connectivity index (χ0n) is 32.1. The average molecular weight is 923 g/mol. The predicted molar refractivity (Wildman–Crippen MR) is 236 cm³/mol. The van der Waals surface area contributed by atoms with Crippen molar-refractivity contribution in [3.63, 3.8) is 0 Å². The zero-order valence-corrected chi connectivity index (χ0v) is 36.2. The first-order valence-corrected chi connectivity index (χ1v) is 18.1. The number of nitrogens with two attached hydrogens (primary N) is 5. The molecule has 0 unspecified atom stereocenters. The Bertz CT molecular complexity index is 1580. The summed E-state index contributed by atoms with van der Waals surface area (Å²) in [6.45, 7) is 1.39. The summed E-state index contributed by atoms with van der Waals surface area (Å²) in [6, 6.07) is 4.65. The maximum Gasteiger partial charge on any atom is 0.243 e. The summed E-state index contributed by atoms with van der Waals surface area (Å²) < 4.78 is 0. The monoisotopic (exact) mass is 920 g/mol. The van der Waals surface area contributed by atoms with Gasteiger partial charge < -0.3 is 65.5 Å². The van der Waals surface area contributed by atoms with Crippen LogP contribution < -0.4 is 55.3 Å².